The number of ether oxygens (including phenoxy) is 1. The first-order valence-corrected chi connectivity index (χ1v) is 10.9. The van der Waals surface area contributed by atoms with Crippen LogP contribution in [0, 0.1) is 11.7 Å². The number of halogens is 1. The highest BCUT2D eigenvalue weighted by Gasteiger charge is 2.52. The maximum atomic E-state index is 13.4. The van der Waals surface area contributed by atoms with Gasteiger partial charge in [-0.3, -0.25) is 9.69 Å². The van der Waals surface area contributed by atoms with Crippen LogP contribution >= 0.6 is 0 Å². The summed E-state index contributed by atoms with van der Waals surface area (Å²) in [6.07, 6.45) is 1.55. The van der Waals surface area contributed by atoms with Crippen LogP contribution < -0.4 is 10.1 Å². The van der Waals surface area contributed by atoms with Gasteiger partial charge in [0.15, 0.2) is 0 Å². The van der Waals surface area contributed by atoms with Crippen molar-refractivity contribution in [3.05, 3.63) is 59.4 Å². The Morgan fingerprint density at radius 1 is 1.26 bits per heavy atom. The number of amides is 1. The van der Waals surface area contributed by atoms with E-state index in [9.17, 15) is 19.4 Å². The van der Waals surface area contributed by atoms with Crippen molar-refractivity contribution in [3.63, 3.8) is 0 Å². The first kappa shape index (κ1) is 20.4. The number of nitrogens with one attached hydrogen (secondary N) is 1. The van der Waals surface area contributed by atoms with Crippen molar-refractivity contribution < 1.29 is 24.1 Å². The molecule has 1 amide bonds. The number of carbonyl (C=O) groups is 1. The molecule has 0 unspecified atom stereocenters. The van der Waals surface area contributed by atoms with Crippen LogP contribution in [-0.2, 0) is 11.2 Å². The average Bonchev–Trinajstić information content (AvgIpc) is 3.17. The van der Waals surface area contributed by atoms with E-state index in [1.807, 2.05) is 18.2 Å². The molecule has 0 radical (unpaired) electrons. The fourth-order valence-corrected chi connectivity index (χ4v) is 5.30. The number of benzene rings is 2. The maximum absolute atomic E-state index is 13.4. The third-order valence-electron chi connectivity index (χ3n) is 6.80. The van der Waals surface area contributed by atoms with Crippen LogP contribution in [0.3, 0.4) is 0 Å². The molecule has 2 aromatic rings. The Balaban J connectivity index is 1.19. The van der Waals surface area contributed by atoms with Crippen LogP contribution in [0.15, 0.2) is 42.5 Å². The molecule has 1 saturated heterocycles. The summed E-state index contributed by atoms with van der Waals surface area (Å²) in [4.78, 5) is 13.6. The highest BCUT2D eigenvalue weighted by atomic mass is 19.1. The maximum Gasteiger partial charge on any atom is 0.224 e. The van der Waals surface area contributed by atoms with Crippen LogP contribution in [0.1, 0.15) is 36.5 Å². The lowest BCUT2D eigenvalue weighted by Gasteiger charge is -2.25. The van der Waals surface area contributed by atoms with Gasteiger partial charge in [0.2, 0.25) is 5.91 Å². The number of rotatable bonds is 5. The zero-order valence-corrected chi connectivity index (χ0v) is 17.3. The molecular weight excluding hydrogens is 399 g/mol. The van der Waals surface area contributed by atoms with E-state index in [1.165, 1.54) is 12.1 Å². The number of aliphatic hydroxyl groups excluding tert-OH is 1. The van der Waals surface area contributed by atoms with Crippen LogP contribution in [-0.4, -0.2) is 52.4 Å². The van der Waals surface area contributed by atoms with Gasteiger partial charge in [-0.2, -0.15) is 0 Å². The number of likely N-dealkylation sites (tertiary alicyclic amines) is 1. The number of carbonyl (C=O) groups excluding carboxylic acids is 1. The highest BCUT2D eigenvalue weighted by molar-refractivity contribution is 5.93. The number of fused-ring (bicyclic) bond motifs is 2. The van der Waals surface area contributed by atoms with E-state index in [2.05, 4.69) is 10.2 Å². The van der Waals surface area contributed by atoms with E-state index in [0.29, 0.717) is 51.1 Å². The minimum atomic E-state index is -0.849. The first-order chi connectivity index (χ1) is 14.9. The zero-order chi connectivity index (χ0) is 21.6. The Morgan fingerprint density at radius 3 is 2.94 bits per heavy atom. The lowest BCUT2D eigenvalue weighted by Crippen LogP contribution is -2.36. The molecule has 0 spiro atoms. The summed E-state index contributed by atoms with van der Waals surface area (Å²) < 4.78 is 19.3. The molecular formula is C24H27FN2O4. The average molecular weight is 426 g/mol. The lowest BCUT2D eigenvalue weighted by molar-refractivity contribution is -0.116. The van der Waals surface area contributed by atoms with Crippen molar-refractivity contribution in [1.82, 2.24) is 4.90 Å². The molecule has 6 nitrogen and oxygen atoms in total. The summed E-state index contributed by atoms with van der Waals surface area (Å²) >= 11 is 0. The Labute approximate surface area is 180 Å². The van der Waals surface area contributed by atoms with Gasteiger partial charge in [0.25, 0.3) is 0 Å². The lowest BCUT2D eigenvalue weighted by atomic mass is 9.95. The Morgan fingerprint density at radius 2 is 2.13 bits per heavy atom. The number of aryl methyl sites for hydroxylation is 1. The summed E-state index contributed by atoms with van der Waals surface area (Å²) in [5.41, 5.74) is 1.84. The molecule has 1 saturated carbocycles. The van der Waals surface area contributed by atoms with Crippen LogP contribution in [0.5, 0.6) is 5.75 Å². The van der Waals surface area contributed by atoms with Crippen molar-refractivity contribution >= 4 is 11.6 Å². The predicted octanol–water partition coefficient (Wildman–Crippen LogP) is 2.65. The Hall–Kier alpha value is -2.48. The van der Waals surface area contributed by atoms with E-state index < -0.39 is 11.7 Å². The standard InChI is InChI=1S/C24H27FN2O4/c25-18-2-1-3-19(10-18)31-20-9-17-12-27(14-24(17,30)11-20)13-22(28)16-4-6-21-15(8-16)5-7-23(29)26-21/h1-4,6,8,10,17,20,22,28,30H,5,7,9,11-14H2,(H,26,29)/t17-,20+,22-,24-/m1/s1. The van der Waals surface area contributed by atoms with Crippen LogP contribution in [0.25, 0.3) is 0 Å². The molecule has 0 aromatic heterocycles. The minimum absolute atomic E-state index is 0.0253. The van der Waals surface area contributed by atoms with Crippen molar-refractivity contribution in [3.8, 4) is 5.75 Å². The molecule has 5 rings (SSSR count). The SMILES string of the molecule is O=C1CCc2cc([C@H](O)CN3C[C@H]4C[C@H](Oc5cccc(F)c5)C[C@@]4(O)C3)ccc2N1. The van der Waals surface area contributed by atoms with Crippen LogP contribution in [0.2, 0.25) is 0 Å². The fraction of sp³-hybridized carbons (Fsp3) is 0.458. The Bertz CT molecular complexity index is 999. The van der Waals surface area contributed by atoms with Gasteiger partial charge in [-0.1, -0.05) is 18.2 Å². The summed E-state index contributed by atoms with van der Waals surface area (Å²) in [6, 6.07) is 11.8. The van der Waals surface area contributed by atoms with Gasteiger partial charge < -0.3 is 20.3 Å². The molecule has 1 aliphatic carbocycles. The smallest absolute Gasteiger partial charge is 0.224 e. The van der Waals surface area contributed by atoms with Gasteiger partial charge >= 0.3 is 0 Å². The van der Waals surface area contributed by atoms with E-state index in [-0.39, 0.29) is 23.7 Å². The molecule has 3 aliphatic rings. The third kappa shape index (κ3) is 4.18. The van der Waals surface area contributed by atoms with Gasteiger partial charge in [0, 0.05) is 50.1 Å². The number of hydrogen-bond acceptors (Lipinski definition) is 5. The second-order valence-corrected chi connectivity index (χ2v) is 9.11. The fourth-order valence-electron chi connectivity index (χ4n) is 5.30. The summed E-state index contributed by atoms with van der Waals surface area (Å²) in [6.45, 7) is 1.62. The quantitative estimate of drug-likeness (QED) is 0.685. The topological polar surface area (TPSA) is 82.0 Å². The van der Waals surface area contributed by atoms with E-state index in [4.69, 9.17) is 4.74 Å². The third-order valence-corrected chi connectivity index (χ3v) is 6.80. The molecule has 3 N–H and O–H groups in total. The van der Waals surface area contributed by atoms with E-state index >= 15 is 0 Å². The number of anilines is 1. The largest absolute Gasteiger partial charge is 0.490 e. The molecule has 2 aromatic carbocycles. The van der Waals surface area contributed by atoms with Gasteiger partial charge in [0.1, 0.15) is 17.7 Å². The molecule has 2 heterocycles. The van der Waals surface area contributed by atoms with Gasteiger partial charge in [-0.15, -0.1) is 0 Å². The zero-order valence-electron chi connectivity index (χ0n) is 17.3. The molecule has 2 fully saturated rings. The first-order valence-electron chi connectivity index (χ1n) is 10.9. The van der Waals surface area contributed by atoms with E-state index in [1.54, 1.807) is 12.1 Å². The highest BCUT2D eigenvalue weighted by Crippen LogP contribution is 2.43. The van der Waals surface area contributed by atoms with Gasteiger partial charge in [0.05, 0.1) is 11.7 Å². The van der Waals surface area contributed by atoms with Gasteiger partial charge in [-0.25, -0.2) is 4.39 Å². The van der Waals surface area contributed by atoms with Crippen molar-refractivity contribution in [2.75, 3.05) is 25.0 Å². The molecule has 31 heavy (non-hydrogen) atoms. The summed E-state index contributed by atoms with van der Waals surface area (Å²) in [5.74, 6) is 0.248. The van der Waals surface area contributed by atoms with Crippen molar-refractivity contribution in [1.29, 1.82) is 0 Å². The number of hydrogen-bond donors (Lipinski definition) is 3. The molecule has 7 heteroatoms. The van der Waals surface area contributed by atoms with Crippen molar-refractivity contribution in [2.45, 2.75) is 43.5 Å². The number of β-amino-alcohol motifs (C(OH)–C–C–N with tert-alkyl or cyclic N) is 2. The molecule has 0 bridgehead atoms. The monoisotopic (exact) mass is 426 g/mol. The van der Waals surface area contributed by atoms with Gasteiger partial charge in [-0.05, 0) is 42.2 Å². The summed E-state index contributed by atoms with van der Waals surface area (Å²) in [7, 11) is 0. The normalized spacial score (nSPS) is 28.7. The number of nitrogens with zero attached hydrogens (tertiary/aromatic N) is 1. The second-order valence-electron chi connectivity index (χ2n) is 9.11. The Kier molecular flexibility index (Phi) is 5.20. The number of aliphatic hydroxyl groups is 2. The molecule has 164 valence electrons. The minimum Gasteiger partial charge on any atom is -0.490 e. The molecule has 2 aliphatic heterocycles. The van der Waals surface area contributed by atoms with E-state index in [0.717, 1.165) is 16.8 Å². The summed E-state index contributed by atoms with van der Waals surface area (Å²) in [5, 5.41) is 24.8. The second kappa shape index (κ2) is 7.89. The predicted molar refractivity (Wildman–Crippen MR) is 113 cm³/mol. The molecule has 4 atom stereocenters. The van der Waals surface area contributed by atoms with Crippen LogP contribution in [0.4, 0.5) is 10.1 Å². The van der Waals surface area contributed by atoms with Crippen molar-refractivity contribution in [2.24, 2.45) is 5.92 Å².